The Kier molecular flexibility index (Phi) is 7.78. The fourth-order valence-corrected chi connectivity index (χ4v) is 2.66. The topological polar surface area (TPSA) is 96.5 Å². The second-order valence-electron chi connectivity index (χ2n) is 5.54. The smallest absolute Gasteiger partial charge is 0.238 e. The Morgan fingerprint density at radius 3 is 2.62 bits per heavy atom. The molecule has 0 radical (unpaired) electrons. The van der Waals surface area contributed by atoms with Crippen molar-refractivity contribution < 1.29 is 17.9 Å². The van der Waals surface area contributed by atoms with Gasteiger partial charge in [0.15, 0.2) is 0 Å². The van der Waals surface area contributed by atoms with Crippen LogP contribution in [-0.4, -0.2) is 40.3 Å². The molecule has 1 amide bonds. The molecule has 1 fully saturated rings. The summed E-state index contributed by atoms with van der Waals surface area (Å²) in [6, 6.07) is 4.79. The molecule has 136 valence electrons. The minimum atomic E-state index is -3.38. The minimum Gasteiger partial charge on any atom is -0.494 e. The number of hydrogen-bond acceptors (Lipinski definition) is 5. The molecule has 1 aromatic rings. The van der Waals surface area contributed by atoms with Crippen LogP contribution in [0.1, 0.15) is 19.8 Å². The summed E-state index contributed by atoms with van der Waals surface area (Å²) in [5, 5.41) is 5.87. The zero-order valence-electron chi connectivity index (χ0n) is 13.8. The average Bonchev–Trinajstić information content (AvgIpc) is 3.33. The van der Waals surface area contributed by atoms with E-state index in [0.717, 1.165) is 6.54 Å². The normalized spacial score (nSPS) is 13.8. The van der Waals surface area contributed by atoms with Crippen molar-refractivity contribution in [2.45, 2.75) is 19.8 Å². The zero-order valence-corrected chi connectivity index (χ0v) is 15.4. The summed E-state index contributed by atoms with van der Waals surface area (Å²) < 4.78 is 30.9. The fourth-order valence-electron chi connectivity index (χ4n) is 2.01. The van der Waals surface area contributed by atoms with Crippen molar-refractivity contribution in [3.63, 3.8) is 0 Å². The number of methoxy groups -OCH3 is 1. The van der Waals surface area contributed by atoms with Gasteiger partial charge in [-0.3, -0.25) is 9.52 Å². The van der Waals surface area contributed by atoms with Gasteiger partial charge in [-0.15, -0.1) is 12.4 Å². The number of amides is 1. The highest BCUT2D eigenvalue weighted by molar-refractivity contribution is 7.92. The molecule has 0 bridgehead atoms. The molecular formula is C15H24ClN3O4S. The first-order chi connectivity index (χ1) is 10.9. The molecular weight excluding hydrogens is 354 g/mol. The van der Waals surface area contributed by atoms with Gasteiger partial charge in [0.05, 0.1) is 25.1 Å². The maximum Gasteiger partial charge on any atom is 0.238 e. The number of carbonyl (C=O) groups excluding carboxylic acids is 1. The fraction of sp³-hybridized carbons (Fsp3) is 0.533. The molecule has 0 heterocycles. The van der Waals surface area contributed by atoms with Crippen LogP contribution in [-0.2, 0) is 14.8 Å². The van der Waals surface area contributed by atoms with Crippen molar-refractivity contribution in [1.29, 1.82) is 0 Å². The molecule has 3 N–H and O–H groups in total. The predicted octanol–water partition coefficient (Wildman–Crippen LogP) is 1.82. The van der Waals surface area contributed by atoms with Gasteiger partial charge in [0, 0.05) is 11.8 Å². The number of rotatable bonds is 9. The van der Waals surface area contributed by atoms with Crippen LogP contribution < -0.4 is 20.1 Å². The highest BCUT2D eigenvalue weighted by Gasteiger charge is 2.20. The summed E-state index contributed by atoms with van der Waals surface area (Å²) in [7, 11) is -1.94. The lowest BCUT2D eigenvalue weighted by Gasteiger charge is -2.13. The molecule has 0 spiro atoms. The standard InChI is InChI=1S/C15H23N3O4S.ClH/c1-3-23(20,21)18-13-7-6-12(8-14(13)22-2)17-15(19)10-16-9-11-4-5-11;/h6-8,11,16,18H,3-5,9-10H2,1-2H3,(H,17,19);1H. The van der Waals surface area contributed by atoms with Gasteiger partial charge < -0.3 is 15.4 Å². The van der Waals surface area contributed by atoms with E-state index in [1.54, 1.807) is 25.1 Å². The summed E-state index contributed by atoms with van der Waals surface area (Å²) in [6.07, 6.45) is 2.47. The van der Waals surface area contributed by atoms with E-state index in [4.69, 9.17) is 4.74 Å². The number of anilines is 2. The van der Waals surface area contributed by atoms with Crippen LogP contribution in [0.5, 0.6) is 5.75 Å². The monoisotopic (exact) mass is 377 g/mol. The zero-order chi connectivity index (χ0) is 16.9. The number of hydrogen-bond donors (Lipinski definition) is 3. The van der Waals surface area contributed by atoms with Crippen LogP contribution in [0.25, 0.3) is 0 Å². The van der Waals surface area contributed by atoms with Gasteiger partial charge in [-0.05, 0) is 44.4 Å². The maximum atomic E-state index is 11.8. The third-order valence-corrected chi connectivity index (χ3v) is 4.84. The molecule has 0 unspecified atom stereocenters. The first kappa shape index (κ1) is 20.5. The van der Waals surface area contributed by atoms with E-state index in [1.807, 2.05) is 0 Å². The molecule has 2 rings (SSSR count). The van der Waals surface area contributed by atoms with Crippen LogP contribution in [0.3, 0.4) is 0 Å². The second-order valence-corrected chi connectivity index (χ2v) is 7.55. The first-order valence-electron chi connectivity index (χ1n) is 7.62. The van der Waals surface area contributed by atoms with Gasteiger partial charge in [-0.25, -0.2) is 8.42 Å². The van der Waals surface area contributed by atoms with Gasteiger partial charge in [0.1, 0.15) is 5.75 Å². The van der Waals surface area contributed by atoms with E-state index in [9.17, 15) is 13.2 Å². The molecule has 0 atom stereocenters. The van der Waals surface area contributed by atoms with Crippen molar-refractivity contribution >= 4 is 39.7 Å². The van der Waals surface area contributed by atoms with Gasteiger partial charge in [0.2, 0.25) is 15.9 Å². The molecule has 1 aliphatic carbocycles. The van der Waals surface area contributed by atoms with Crippen LogP contribution in [0.4, 0.5) is 11.4 Å². The molecule has 0 saturated heterocycles. The minimum absolute atomic E-state index is 0. The van der Waals surface area contributed by atoms with Crippen molar-refractivity contribution in [2.24, 2.45) is 5.92 Å². The number of carbonyl (C=O) groups is 1. The highest BCUT2D eigenvalue weighted by Crippen LogP contribution is 2.29. The van der Waals surface area contributed by atoms with Crippen LogP contribution in [0, 0.1) is 5.92 Å². The summed E-state index contributed by atoms with van der Waals surface area (Å²) >= 11 is 0. The Morgan fingerprint density at radius 2 is 2.04 bits per heavy atom. The molecule has 0 aromatic heterocycles. The van der Waals surface area contributed by atoms with E-state index < -0.39 is 10.0 Å². The van der Waals surface area contributed by atoms with Crippen molar-refractivity contribution in [1.82, 2.24) is 5.32 Å². The third kappa shape index (κ3) is 6.54. The Labute approximate surface area is 149 Å². The molecule has 1 aromatic carbocycles. The lowest BCUT2D eigenvalue weighted by atomic mass is 10.2. The predicted molar refractivity (Wildman–Crippen MR) is 97.5 cm³/mol. The third-order valence-electron chi connectivity index (χ3n) is 3.55. The van der Waals surface area contributed by atoms with Crippen LogP contribution in [0.15, 0.2) is 18.2 Å². The summed E-state index contributed by atoms with van der Waals surface area (Å²) in [5.74, 6) is 0.899. The van der Waals surface area contributed by atoms with Crippen LogP contribution in [0.2, 0.25) is 0 Å². The lowest BCUT2D eigenvalue weighted by molar-refractivity contribution is -0.115. The quantitative estimate of drug-likeness (QED) is 0.610. The lowest BCUT2D eigenvalue weighted by Crippen LogP contribution is -2.29. The van der Waals surface area contributed by atoms with E-state index in [-0.39, 0.29) is 30.6 Å². The largest absolute Gasteiger partial charge is 0.494 e. The van der Waals surface area contributed by atoms with E-state index in [0.29, 0.717) is 23.0 Å². The maximum absolute atomic E-state index is 11.8. The Hall–Kier alpha value is -1.51. The van der Waals surface area contributed by atoms with Gasteiger partial charge >= 0.3 is 0 Å². The number of nitrogens with one attached hydrogen (secondary N) is 3. The Morgan fingerprint density at radius 1 is 1.33 bits per heavy atom. The van der Waals surface area contributed by atoms with Gasteiger partial charge in [-0.2, -0.15) is 0 Å². The summed E-state index contributed by atoms with van der Waals surface area (Å²) in [4.78, 5) is 11.8. The number of halogens is 1. The van der Waals surface area contributed by atoms with Crippen molar-refractivity contribution in [3.05, 3.63) is 18.2 Å². The second kappa shape index (κ2) is 9.10. The Bertz CT molecular complexity index is 663. The number of benzene rings is 1. The van der Waals surface area contributed by atoms with E-state index in [1.165, 1.54) is 20.0 Å². The molecule has 9 heteroatoms. The van der Waals surface area contributed by atoms with E-state index in [2.05, 4.69) is 15.4 Å². The number of ether oxygens (including phenoxy) is 1. The van der Waals surface area contributed by atoms with Crippen molar-refractivity contribution in [2.75, 3.05) is 36.0 Å². The SMILES string of the molecule is CCS(=O)(=O)Nc1ccc(NC(=O)CNCC2CC2)cc1OC.Cl. The van der Waals surface area contributed by atoms with Crippen LogP contribution >= 0.6 is 12.4 Å². The molecule has 24 heavy (non-hydrogen) atoms. The molecule has 7 nitrogen and oxygen atoms in total. The van der Waals surface area contributed by atoms with E-state index >= 15 is 0 Å². The van der Waals surface area contributed by atoms with Gasteiger partial charge in [-0.1, -0.05) is 0 Å². The average molecular weight is 378 g/mol. The van der Waals surface area contributed by atoms with Gasteiger partial charge in [0.25, 0.3) is 0 Å². The summed E-state index contributed by atoms with van der Waals surface area (Å²) in [6.45, 7) is 2.68. The highest BCUT2D eigenvalue weighted by atomic mass is 35.5. The molecule has 0 aliphatic heterocycles. The number of sulfonamides is 1. The summed E-state index contributed by atoms with van der Waals surface area (Å²) in [5.41, 5.74) is 0.902. The molecule has 1 saturated carbocycles. The molecule has 1 aliphatic rings. The first-order valence-corrected chi connectivity index (χ1v) is 9.28. The van der Waals surface area contributed by atoms with Crippen molar-refractivity contribution in [3.8, 4) is 5.75 Å². The Balaban J connectivity index is 0.00000288.